The molecule has 0 aromatic heterocycles. The van der Waals surface area contributed by atoms with Gasteiger partial charge in [0.1, 0.15) is 0 Å². The Bertz CT molecular complexity index is 266. The van der Waals surface area contributed by atoms with E-state index in [9.17, 15) is 4.79 Å². The molecule has 1 atom stereocenters. The van der Waals surface area contributed by atoms with Gasteiger partial charge in [0, 0.05) is 13.1 Å². The fraction of sp³-hybridized carbons (Fsp3) is 0.769. The molecule has 3 nitrogen and oxygen atoms in total. The highest BCUT2D eigenvalue weighted by Crippen LogP contribution is 2.30. The van der Waals surface area contributed by atoms with Crippen LogP contribution in [0.4, 0.5) is 0 Å². The van der Waals surface area contributed by atoms with E-state index in [1.807, 2.05) is 4.90 Å². The van der Waals surface area contributed by atoms with E-state index in [1.54, 1.807) is 0 Å². The van der Waals surface area contributed by atoms with Crippen molar-refractivity contribution in [3.8, 4) is 12.3 Å². The summed E-state index contributed by atoms with van der Waals surface area (Å²) in [5.41, 5.74) is 5.64. The maximum Gasteiger partial charge on any atom is 0.227 e. The zero-order chi connectivity index (χ0) is 12.0. The maximum atomic E-state index is 12.2. The van der Waals surface area contributed by atoms with Gasteiger partial charge in [-0.3, -0.25) is 4.79 Å². The number of nitrogens with zero attached hydrogens (tertiary/aromatic N) is 1. The van der Waals surface area contributed by atoms with Gasteiger partial charge in [-0.05, 0) is 25.2 Å². The topological polar surface area (TPSA) is 46.3 Å². The number of nitrogens with two attached hydrogens (primary N) is 1. The predicted molar refractivity (Wildman–Crippen MR) is 65.6 cm³/mol. The second-order valence-corrected chi connectivity index (χ2v) is 4.59. The van der Waals surface area contributed by atoms with Crippen LogP contribution in [-0.4, -0.2) is 30.4 Å². The number of carbonyl (C=O) groups is 1. The molecule has 90 valence electrons. The van der Waals surface area contributed by atoms with Gasteiger partial charge in [0.15, 0.2) is 0 Å². The van der Waals surface area contributed by atoms with Crippen molar-refractivity contribution >= 4 is 5.91 Å². The van der Waals surface area contributed by atoms with Gasteiger partial charge in [-0.2, -0.15) is 0 Å². The molecule has 0 aromatic rings. The lowest BCUT2D eigenvalue weighted by Gasteiger charge is -2.25. The Kier molecular flexibility index (Phi) is 5.34. The Morgan fingerprint density at radius 3 is 2.75 bits per heavy atom. The minimum atomic E-state index is -0.0444. The third kappa shape index (κ3) is 3.86. The highest BCUT2D eigenvalue weighted by Gasteiger charge is 2.29. The summed E-state index contributed by atoms with van der Waals surface area (Å²) in [6.07, 6.45) is 9.62. The molecule has 1 aliphatic carbocycles. The first-order valence-electron chi connectivity index (χ1n) is 6.15. The maximum absolute atomic E-state index is 12.2. The molecule has 1 aliphatic rings. The first-order valence-corrected chi connectivity index (χ1v) is 6.15. The third-order valence-corrected chi connectivity index (χ3v) is 3.04. The number of amides is 1. The molecule has 3 heteroatoms. The summed E-state index contributed by atoms with van der Waals surface area (Å²) in [6, 6.07) is 0. The number of terminal acetylenes is 1. The van der Waals surface area contributed by atoms with E-state index in [2.05, 4.69) is 12.8 Å². The van der Waals surface area contributed by atoms with E-state index in [4.69, 9.17) is 12.2 Å². The summed E-state index contributed by atoms with van der Waals surface area (Å²) >= 11 is 0. The lowest BCUT2D eigenvalue weighted by Crippen LogP contribution is -2.40. The molecule has 1 saturated carbocycles. The van der Waals surface area contributed by atoms with Crippen LogP contribution in [0.5, 0.6) is 0 Å². The minimum Gasteiger partial charge on any atom is -0.331 e. The van der Waals surface area contributed by atoms with Crippen molar-refractivity contribution in [2.45, 2.75) is 32.6 Å². The van der Waals surface area contributed by atoms with Crippen LogP contribution in [0.3, 0.4) is 0 Å². The molecule has 0 spiro atoms. The number of hydrogen-bond acceptors (Lipinski definition) is 2. The molecule has 0 aromatic carbocycles. The second-order valence-electron chi connectivity index (χ2n) is 4.59. The van der Waals surface area contributed by atoms with Crippen molar-refractivity contribution < 1.29 is 4.79 Å². The van der Waals surface area contributed by atoms with Crippen molar-refractivity contribution in [3.63, 3.8) is 0 Å². The van der Waals surface area contributed by atoms with E-state index in [-0.39, 0.29) is 11.8 Å². The Morgan fingerprint density at radius 2 is 2.31 bits per heavy atom. The Hall–Kier alpha value is -1.01. The molecule has 2 N–H and O–H groups in total. The smallest absolute Gasteiger partial charge is 0.227 e. The van der Waals surface area contributed by atoms with Crippen LogP contribution in [0.15, 0.2) is 0 Å². The molecule has 0 radical (unpaired) electrons. The standard InChI is InChI=1S/C13H22N2O/c1-3-5-12(9-14)13(16)15(8-4-2)10-11-6-7-11/h2,11-12H,3,5-10,14H2,1H3. The average Bonchev–Trinajstić information content (AvgIpc) is 3.08. The van der Waals surface area contributed by atoms with Crippen LogP contribution < -0.4 is 5.73 Å². The zero-order valence-corrected chi connectivity index (χ0v) is 10.1. The highest BCUT2D eigenvalue weighted by molar-refractivity contribution is 5.79. The molecule has 1 amide bonds. The van der Waals surface area contributed by atoms with E-state index in [1.165, 1.54) is 12.8 Å². The number of carbonyl (C=O) groups excluding carboxylic acids is 1. The van der Waals surface area contributed by atoms with Crippen molar-refractivity contribution in [2.75, 3.05) is 19.6 Å². The van der Waals surface area contributed by atoms with E-state index in [0.717, 1.165) is 19.4 Å². The van der Waals surface area contributed by atoms with Gasteiger partial charge in [0.05, 0.1) is 12.5 Å². The lowest BCUT2D eigenvalue weighted by atomic mass is 10.0. The van der Waals surface area contributed by atoms with E-state index < -0.39 is 0 Å². The fourth-order valence-electron chi connectivity index (χ4n) is 1.90. The minimum absolute atomic E-state index is 0.0444. The molecule has 0 bridgehead atoms. The van der Waals surface area contributed by atoms with Gasteiger partial charge in [-0.15, -0.1) is 6.42 Å². The van der Waals surface area contributed by atoms with Crippen LogP contribution in [0.2, 0.25) is 0 Å². The normalized spacial score (nSPS) is 16.6. The van der Waals surface area contributed by atoms with E-state index >= 15 is 0 Å². The number of hydrogen-bond donors (Lipinski definition) is 1. The molecule has 1 fully saturated rings. The largest absolute Gasteiger partial charge is 0.331 e. The molecule has 1 rings (SSSR count). The molecular weight excluding hydrogens is 200 g/mol. The quantitative estimate of drug-likeness (QED) is 0.659. The van der Waals surface area contributed by atoms with Crippen LogP contribution in [0.1, 0.15) is 32.6 Å². The molecular formula is C13H22N2O. The van der Waals surface area contributed by atoms with Crippen LogP contribution in [0.25, 0.3) is 0 Å². The van der Waals surface area contributed by atoms with Gasteiger partial charge in [-0.25, -0.2) is 0 Å². The fourth-order valence-corrected chi connectivity index (χ4v) is 1.90. The van der Waals surface area contributed by atoms with Crippen molar-refractivity contribution in [3.05, 3.63) is 0 Å². The van der Waals surface area contributed by atoms with Gasteiger partial charge in [0.25, 0.3) is 0 Å². The SMILES string of the molecule is C#CCN(CC1CC1)C(=O)C(CN)CCC. The van der Waals surface area contributed by atoms with Crippen LogP contribution >= 0.6 is 0 Å². The van der Waals surface area contributed by atoms with Crippen molar-refractivity contribution in [1.29, 1.82) is 0 Å². The Morgan fingerprint density at radius 1 is 1.62 bits per heavy atom. The molecule has 0 saturated heterocycles. The Labute approximate surface area is 98.4 Å². The van der Waals surface area contributed by atoms with Gasteiger partial charge in [0.2, 0.25) is 5.91 Å². The van der Waals surface area contributed by atoms with Crippen molar-refractivity contribution in [2.24, 2.45) is 17.6 Å². The molecule has 16 heavy (non-hydrogen) atoms. The van der Waals surface area contributed by atoms with Gasteiger partial charge < -0.3 is 10.6 Å². The summed E-state index contributed by atoms with van der Waals surface area (Å²) in [5, 5.41) is 0. The lowest BCUT2D eigenvalue weighted by molar-refractivity contribution is -0.135. The van der Waals surface area contributed by atoms with Crippen molar-refractivity contribution in [1.82, 2.24) is 4.90 Å². The summed E-state index contributed by atoms with van der Waals surface area (Å²) in [7, 11) is 0. The first-order chi connectivity index (χ1) is 7.72. The summed E-state index contributed by atoms with van der Waals surface area (Å²) in [6.45, 7) is 3.75. The molecule has 1 unspecified atom stereocenters. The Balaban J connectivity index is 2.52. The number of rotatable bonds is 7. The summed E-state index contributed by atoms with van der Waals surface area (Å²) in [5.74, 6) is 3.35. The average molecular weight is 222 g/mol. The van der Waals surface area contributed by atoms with E-state index in [0.29, 0.717) is 19.0 Å². The third-order valence-electron chi connectivity index (χ3n) is 3.04. The summed E-state index contributed by atoms with van der Waals surface area (Å²) < 4.78 is 0. The molecule has 0 heterocycles. The molecule has 0 aliphatic heterocycles. The zero-order valence-electron chi connectivity index (χ0n) is 10.1. The second kappa shape index (κ2) is 6.55. The monoisotopic (exact) mass is 222 g/mol. The predicted octanol–water partition coefficient (Wildman–Crippen LogP) is 1.23. The summed E-state index contributed by atoms with van der Waals surface area (Å²) in [4.78, 5) is 14.0. The highest BCUT2D eigenvalue weighted by atomic mass is 16.2. The van der Waals surface area contributed by atoms with Crippen LogP contribution in [0, 0.1) is 24.2 Å². The first kappa shape index (κ1) is 13.1. The van der Waals surface area contributed by atoms with Gasteiger partial charge >= 0.3 is 0 Å². The van der Waals surface area contributed by atoms with Gasteiger partial charge in [-0.1, -0.05) is 19.3 Å². The van der Waals surface area contributed by atoms with Crippen LogP contribution in [-0.2, 0) is 4.79 Å².